The molecule has 0 spiro atoms. The molecule has 1 unspecified atom stereocenters. The molecule has 1 atom stereocenters. The number of aromatic nitrogens is 2. The summed E-state index contributed by atoms with van der Waals surface area (Å²) in [6.07, 6.45) is -3.90. The number of imide groups is 1. The molecule has 53 heavy (non-hydrogen) atoms. The van der Waals surface area contributed by atoms with E-state index in [0.29, 0.717) is 47.7 Å². The van der Waals surface area contributed by atoms with Crippen molar-refractivity contribution in [1.29, 1.82) is 0 Å². The van der Waals surface area contributed by atoms with Gasteiger partial charge in [0.1, 0.15) is 24.2 Å². The molecule has 15 heteroatoms. The third-order valence-electron chi connectivity index (χ3n) is 9.04. The molecule has 2 aliphatic rings. The minimum absolute atomic E-state index is 0.0334. The summed E-state index contributed by atoms with van der Waals surface area (Å²) in [5.41, 5.74) is 1.53. The lowest BCUT2D eigenvalue weighted by Gasteiger charge is -2.29. The Morgan fingerprint density at radius 3 is 2.55 bits per heavy atom. The number of halogens is 4. The number of carbonyl (C=O) groups is 4. The molecule has 7 rings (SSSR count). The van der Waals surface area contributed by atoms with Crippen molar-refractivity contribution in [2.75, 3.05) is 30.4 Å². The molecule has 4 amide bonds. The van der Waals surface area contributed by atoms with Gasteiger partial charge in [-0.1, -0.05) is 18.7 Å². The van der Waals surface area contributed by atoms with Crippen LogP contribution in [0.3, 0.4) is 0 Å². The maximum Gasteiger partial charge on any atom is 0.416 e. The lowest BCUT2D eigenvalue weighted by Crippen LogP contribution is -2.51. The van der Waals surface area contributed by atoms with Gasteiger partial charge >= 0.3 is 6.18 Å². The van der Waals surface area contributed by atoms with Crippen molar-refractivity contribution in [3.63, 3.8) is 0 Å². The minimum Gasteiger partial charge on any atom is -0.492 e. The standard InChI is InChI=1S/C38H30F4N6O5/c1-21-9-13-32(34(50)43-21)48-35(51)28-12-11-27(20-29(28)36(48)52)53-16-15-46(2)25-7-4-8-26(19-25)47-31-14-10-24(39)18-30(31)44-37(47)45-33(49)22-5-3-6-23(17-22)38(40,41)42/h3-8,10-12,14,17-20,32H,1,9,13,15-16H2,2H3,(H,43,50)(H,44,45,49). The normalized spacial score (nSPS) is 15.8. The zero-order valence-corrected chi connectivity index (χ0v) is 28.0. The van der Waals surface area contributed by atoms with Gasteiger partial charge in [0.25, 0.3) is 17.7 Å². The third kappa shape index (κ3) is 6.80. The molecule has 0 bridgehead atoms. The van der Waals surface area contributed by atoms with Crippen LogP contribution in [0.4, 0.5) is 29.2 Å². The zero-order valence-electron chi connectivity index (χ0n) is 28.0. The van der Waals surface area contributed by atoms with Crippen LogP contribution >= 0.6 is 0 Å². The van der Waals surface area contributed by atoms with Crippen LogP contribution < -0.4 is 20.3 Å². The highest BCUT2D eigenvalue weighted by atomic mass is 19.4. The second-order valence-electron chi connectivity index (χ2n) is 12.6. The fourth-order valence-electron chi connectivity index (χ4n) is 6.33. The van der Waals surface area contributed by atoms with E-state index >= 15 is 0 Å². The SMILES string of the molecule is C=C1CCC(N2C(=O)c3ccc(OCCN(C)c4cccc(-n5c(NC(=O)c6cccc(C(F)(F)F)c6)nc6cc(F)ccc65)c4)cc3C2=O)C(=O)N1. The Kier molecular flexibility index (Phi) is 8.93. The lowest BCUT2D eigenvalue weighted by atomic mass is 10.0. The highest BCUT2D eigenvalue weighted by Gasteiger charge is 2.44. The fourth-order valence-corrected chi connectivity index (χ4v) is 6.33. The number of nitrogens with zero attached hydrogens (tertiary/aromatic N) is 4. The average molecular weight is 727 g/mol. The summed E-state index contributed by atoms with van der Waals surface area (Å²) in [4.78, 5) is 59.2. The summed E-state index contributed by atoms with van der Waals surface area (Å²) < 4.78 is 61.7. The van der Waals surface area contributed by atoms with Gasteiger partial charge in [-0.15, -0.1) is 0 Å². The molecule has 1 saturated heterocycles. The number of anilines is 2. The second kappa shape index (κ2) is 13.6. The highest BCUT2D eigenvalue weighted by molar-refractivity contribution is 6.23. The number of rotatable bonds is 9. The average Bonchev–Trinajstić information content (AvgIpc) is 3.60. The van der Waals surface area contributed by atoms with Gasteiger partial charge in [-0.05, 0) is 79.6 Å². The summed E-state index contributed by atoms with van der Waals surface area (Å²) in [5.74, 6) is -2.65. The van der Waals surface area contributed by atoms with Crippen LogP contribution in [-0.4, -0.2) is 64.3 Å². The zero-order chi connectivity index (χ0) is 37.6. The first kappa shape index (κ1) is 34.9. The Hall–Kier alpha value is -6.51. The number of nitrogens with one attached hydrogen (secondary N) is 2. The number of alkyl halides is 3. The van der Waals surface area contributed by atoms with E-state index in [9.17, 15) is 36.7 Å². The van der Waals surface area contributed by atoms with Gasteiger partial charge in [0.15, 0.2) is 0 Å². The van der Waals surface area contributed by atoms with Gasteiger partial charge in [0.05, 0.1) is 40.0 Å². The van der Waals surface area contributed by atoms with Gasteiger partial charge < -0.3 is 15.0 Å². The van der Waals surface area contributed by atoms with Crippen LogP contribution in [0.25, 0.3) is 16.7 Å². The molecular weight excluding hydrogens is 696 g/mol. The quantitative estimate of drug-likeness (QED) is 0.134. The Bertz CT molecular complexity index is 2340. The highest BCUT2D eigenvalue weighted by Crippen LogP contribution is 2.33. The first-order valence-corrected chi connectivity index (χ1v) is 16.4. The van der Waals surface area contributed by atoms with Crippen molar-refractivity contribution in [1.82, 2.24) is 19.8 Å². The van der Waals surface area contributed by atoms with Crippen molar-refractivity contribution in [3.8, 4) is 11.4 Å². The number of benzene rings is 4. The maximum absolute atomic E-state index is 14.2. The van der Waals surface area contributed by atoms with E-state index in [0.717, 1.165) is 23.1 Å². The fraction of sp³-hybridized carbons (Fsp3) is 0.184. The van der Waals surface area contributed by atoms with E-state index in [2.05, 4.69) is 22.2 Å². The number of hydrogen-bond donors (Lipinski definition) is 2. The molecule has 3 heterocycles. The molecule has 4 aromatic carbocycles. The van der Waals surface area contributed by atoms with Crippen LogP contribution in [0.5, 0.6) is 5.75 Å². The summed E-state index contributed by atoms with van der Waals surface area (Å²) >= 11 is 0. The largest absolute Gasteiger partial charge is 0.492 e. The first-order chi connectivity index (χ1) is 25.3. The molecule has 270 valence electrons. The minimum atomic E-state index is -4.65. The first-order valence-electron chi connectivity index (χ1n) is 16.4. The molecule has 5 aromatic rings. The molecule has 1 aromatic heterocycles. The van der Waals surface area contributed by atoms with Crippen LogP contribution in [-0.2, 0) is 11.0 Å². The maximum atomic E-state index is 14.2. The van der Waals surface area contributed by atoms with Crippen LogP contribution in [0.1, 0.15) is 49.5 Å². The Morgan fingerprint density at radius 2 is 1.77 bits per heavy atom. The molecule has 2 N–H and O–H groups in total. The van der Waals surface area contributed by atoms with E-state index in [1.807, 2.05) is 18.0 Å². The van der Waals surface area contributed by atoms with Crippen LogP contribution in [0.15, 0.2) is 97.2 Å². The molecular formula is C38H30F4N6O5. The molecule has 0 aliphatic carbocycles. The van der Waals surface area contributed by atoms with Crippen molar-refractivity contribution < 1.29 is 41.5 Å². The number of ether oxygens (including phenoxy) is 1. The number of hydrogen-bond acceptors (Lipinski definition) is 7. The number of allylic oxidation sites excluding steroid dienone is 1. The van der Waals surface area contributed by atoms with Crippen molar-refractivity contribution in [3.05, 3.63) is 125 Å². The Balaban J connectivity index is 1.07. The van der Waals surface area contributed by atoms with Gasteiger partial charge in [0.2, 0.25) is 11.9 Å². The summed E-state index contributed by atoms with van der Waals surface area (Å²) in [6, 6.07) is 18.6. The van der Waals surface area contributed by atoms with Crippen LogP contribution in [0.2, 0.25) is 0 Å². The lowest BCUT2D eigenvalue weighted by molar-refractivity contribution is -0.137. The van der Waals surface area contributed by atoms with E-state index in [4.69, 9.17) is 4.74 Å². The van der Waals surface area contributed by atoms with E-state index in [1.165, 1.54) is 36.4 Å². The smallest absolute Gasteiger partial charge is 0.416 e. The predicted octanol–water partition coefficient (Wildman–Crippen LogP) is 6.34. The van der Waals surface area contributed by atoms with Crippen molar-refractivity contribution >= 4 is 46.3 Å². The van der Waals surface area contributed by atoms with Crippen molar-refractivity contribution in [2.45, 2.75) is 25.1 Å². The number of carbonyl (C=O) groups excluding carboxylic acids is 4. The molecule has 2 aliphatic heterocycles. The van der Waals surface area contributed by atoms with Gasteiger partial charge in [-0.2, -0.15) is 13.2 Å². The van der Waals surface area contributed by atoms with Gasteiger partial charge in [-0.3, -0.25) is 34.0 Å². The second-order valence-corrected chi connectivity index (χ2v) is 12.6. The van der Waals surface area contributed by atoms with E-state index in [-0.39, 0.29) is 34.8 Å². The topological polar surface area (TPSA) is 126 Å². The molecule has 1 fully saturated rings. The molecule has 0 saturated carbocycles. The number of amides is 4. The van der Waals surface area contributed by atoms with Gasteiger partial charge in [-0.25, -0.2) is 9.37 Å². The Labute approximate surface area is 299 Å². The number of piperidine rings is 1. The van der Waals surface area contributed by atoms with Gasteiger partial charge in [0, 0.05) is 30.1 Å². The van der Waals surface area contributed by atoms with E-state index in [1.54, 1.807) is 28.8 Å². The number of fused-ring (bicyclic) bond motifs is 2. The van der Waals surface area contributed by atoms with Crippen molar-refractivity contribution in [2.24, 2.45) is 0 Å². The summed E-state index contributed by atoms with van der Waals surface area (Å²) in [6.45, 7) is 4.27. The predicted molar refractivity (Wildman–Crippen MR) is 186 cm³/mol. The Morgan fingerprint density at radius 1 is 1.00 bits per heavy atom. The number of imidazole rings is 1. The summed E-state index contributed by atoms with van der Waals surface area (Å²) in [7, 11) is 1.81. The monoisotopic (exact) mass is 726 g/mol. The molecule has 11 nitrogen and oxygen atoms in total. The molecule has 0 radical (unpaired) electrons. The number of likely N-dealkylation sites (N-methyl/N-ethyl adjacent to an activating group) is 1. The summed E-state index contributed by atoms with van der Waals surface area (Å²) in [5, 5.41) is 5.19. The van der Waals surface area contributed by atoms with Crippen LogP contribution in [0, 0.1) is 5.82 Å². The van der Waals surface area contributed by atoms with E-state index < -0.39 is 47.2 Å². The third-order valence-corrected chi connectivity index (χ3v) is 9.04.